The summed E-state index contributed by atoms with van der Waals surface area (Å²) in [5.41, 5.74) is 1.44. The molecule has 1 aromatic heterocycles. The number of nitrogens with zero attached hydrogens (tertiary/aromatic N) is 1. The number of piperidine rings is 1. The monoisotopic (exact) mass is 493 g/mol. The van der Waals surface area contributed by atoms with Crippen molar-refractivity contribution >= 4 is 5.91 Å². The second kappa shape index (κ2) is 9.34. The van der Waals surface area contributed by atoms with Crippen molar-refractivity contribution in [2.45, 2.75) is 82.3 Å². The Morgan fingerprint density at radius 1 is 1.19 bits per heavy atom. The van der Waals surface area contributed by atoms with E-state index in [0.29, 0.717) is 31.7 Å². The van der Waals surface area contributed by atoms with E-state index in [1.165, 1.54) is 19.3 Å². The number of aromatic nitrogens is 1. The summed E-state index contributed by atoms with van der Waals surface area (Å²) in [6, 6.07) is 6.87. The first kappa shape index (κ1) is 25.0. The molecule has 3 unspecified atom stereocenters. The van der Waals surface area contributed by atoms with Gasteiger partial charge in [-0.3, -0.25) is 9.59 Å². The minimum Gasteiger partial charge on any atom is -0.508 e. The van der Waals surface area contributed by atoms with E-state index < -0.39 is 11.0 Å². The number of aryl methyl sites for hydroxylation is 1. The summed E-state index contributed by atoms with van der Waals surface area (Å²) in [7, 11) is 2.02. The highest BCUT2D eigenvalue weighted by Gasteiger charge is 2.60. The number of phenolic OH excluding ortho intramolecular Hbond substituents is 1. The number of hydrogen-bond acceptors (Lipinski definition) is 5. The van der Waals surface area contributed by atoms with Gasteiger partial charge in [0, 0.05) is 36.5 Å². The number of aliphatic hydroxyl groups is 1. The number of pyridine rings is 1. The molecule has 2 aromatic rings. The van der Waals surface area contributed by atoms with Crippen molar-refractivity contribution in [3.05, 3.63) is 62.6 Å². The number of carbonyl (C=O) groups is 1. The second-order valence-electron chi connectivity index (χ2n) is 11.5. The summed E-state index contributed by atoms with van der Waals surface area (Å²) in [6.07, 6.45) is 7.36. The Morgan fingerprint density at radius 2 is 1.94 bits per heavy atom. The number of amides is 1. The highest BCUT2D eigenvalue weighted by atomic mass is 16.3. The zero-order valence-electron chi connectivity index (χ0n) is 21.7. The molecule has 2 aliphatic carbocycles. The van der Waals surface area contributed by atoms with Crippen molar-refractivity contribution < 1.29 is 15.0 Å². The van der Waals surface area contributed by atoms with E-state index in [0.717, 1.165) is 41.8 Å². The number of aromatic hydroxyl groups is 1. The molecule has 0 bridgehead atoms. The lowest BCUT2D eigenvalue weighted by molar-refractivity contribution is -0.132. The molecule has 0 radical (unpaired) electrons. The van der Waals surface area contributed by atoms with Crippen LogP contribution in [0.25, 0.3) is 0 Å². The summed E-state index contributed by atoms with van der Waals surface area (Å²) in [5.74, 6) is 0.305. The van der Waals surface area contributed by atoms with Crippen LogP contribution in [0, 0.1) is 12.8 Å². The first-order valence-corrected chi connectivity index (χ1v) is 13.4. The molecule has 2 fully saturated rings. The van der Waals surface area contributed by atoms with Crippen LogP contribution in [0.5, 0.6) is 5.75 Å². The molecule has 1 saturated carbocycles. The van der Waals surface area contributed by atoms with E-state index in [1.807, 2.05) is 27.0 Å². The van der Waals surface area contributed by atoms with Crippen LogP contribution < -0.4 is 10.9 Å². The van der Waals surface area contributed by atoms with E-state index in [4.69, 9.17) is 0 Å². The maximum atomic E-state index is 13.1. The number of fused-ring (bicyclic) bond motifs is 2. The Morgan fingerprint density at radius 3 is 2.69 bits per heavy atom. The maximum Gasteiger partial charge on any atom is 0.261 e. The fourth-order valence-electron chi connectivity index (χ4n) is 7.10. The molecule has 2 heterocycles. The topological polar surface area (TPSA) is 106 Å². The normalized spacial score (nSPS) is 28.8. The lowest BCUT2D eigenvalue weighted by atomic mass is 9.53. The smallest absolute Gasteiger partial charge is 0.261 e. The molecule has 7 nitrogen and oxygen atoms in total. The van der Waals surface area contributed by atoms with Gasteiger partial charge >= 0.3 is 0 Å². The molecular formula is C29H39N3O4. The zero-order chi connectivity index (χ0) is 25.7. The van der Waals surface area contributed by atoms with Crippen molar-refractivity contribution in [3.63, 3.8) is 0 Å². The van der Waals surface area contributed by atoms with Gasteiger partial charge in [0.25, 0.3) is 11.5 Å². The van der Waals surface area contributed by atoms with Crippen LogP contribution in [0.15, 0.2) is 29.1 Å². The lowest BCUT2D eigenvalue weighted by Crippen LogP contribution is -2.70. The third-order valence-electron chi connectivity index (χ3n) is 9.48. The Kier molecular flexibility index (Phi) is 6.50. The van der Waals surface area contributed by atoms with E-state index >= 15 is 0 Å². The fraction of sp³-hybridized carbons (Fsp3) is 0.586. The van der Waals surface area contributed by atoms with Crippen LogP contribution in [0.1, 0.15) is 78.2 Å². The van der Waals surface area contributed by atoms with Crippen molar-refractivity contribution in [1.82, 2.24) is 15.2 Å². The van der Waals surface area contributed by atoms with Gasteiger partial charge in [-0.15, -0.1) is 0 Å². The molecule has 5 rings (SSSR count). The number of aromatic amines is 1. The number of likely N-dealkylation sites (N-methyl/N-ethyl adjacent to an activating group) is 1. The Labute approximate surface area is 212 Å². The molecular weight excluding hydrogens is 454 g/mol. The number of phenols is 1. The molecule has 1 saturated heterocycles. The second-order valence-corrected chi connectivity index (χ2v) is 11.5. The molecule has 1 aliphatic heterocycles. The molecule has 3 atom stereocenters. The van der Waals surface area contributed by atoms with Crippen LogP contribution in [-0.4, -0.2) is 57.8 Å². The molecule has 36 heavy (non-hydrogen) atoms. The van der Waals surface area contributed by atoms with Crippen molar-refractivity contribution in [2.75, 3.05) is 20.1 Å². The third-order valence-corrected chi connectivity index (χ3v) is 9.48. The Hall–Kier alpha value is -2.64. The van der Waals surface area contributed by atoms with E-state index in [2.05, 4.69) is 15.2 Å². The molecule has 3 aliphatic rings. The number of benzene rings is 1. The minimum absolute atomic E-state index is 0.117. The Bertz CT molecular complexity index is 1220. The highest BCUT2D eigenvalue weighted by Crippen LogP contribution is 2.53. The van der Waals surface area contributed by atoms with Gasteiger partial charge in [0.1, 0.15) is 11.3 Å². The number of nitrogens with one attached hydrogen (secondary N) is 2. The quantitative estimate of drug-likeness (QED) is 0.524. The van der Waals surface area contributed by atoms with Crippen molar-refractivity contribution in [2.24, 2.45) is 5.92 Å². The van der Waals surface area contributed by atoms with Crippen LogP contribution >= 0.6 is 0 Å². The first-order valence-electron chi connectivity index (χ1n) is 13.4. The number of likely N-dealkylation sites (tertiary alicyclic amines) is 1. The SMILES string of the molecule is Cc1ccc(O)cc1C12CCN(C)C(C)C1(O)Cc1cc(C(=O)NCC3CCCCC3)c(=O)[nH]c1C2. The number of rotatable bonds is 4. The van der Waals surface area contributed by atoms with Gasteiger partial charge in [0.05, 0.1) is 5.60 Å². The van der Waals surface area contributed by atoms with Crippen molar-refractivity contribution in [3.8, 4) is 5.75 Å². The first-order chi connectivity index (χ1) is 17.1. The van der Waals surface area contributed by atoms with Crippen LogP contribution in [0.4, 0.5) is 0 Å². The maximum absolute atomic E-state index is 13.1. The van der Waals surface area contributed by atoms with E-state index in [1.54, 1.807) is 18.2 Å². The predicted octanol–water partition coefficient (Wildman–Crippen LogP) is 3.19. The number of carbonyl (C=O) groups excluding carboxylic acids is 1. The van der Waals surface area contributed by atoms with Gasteiger partial charge in [-0.05, 0) is 87.5 Å². The minimum atomic E-state index is -1.14. The predicted molar refractivity (Wildman–Crippen MR) is 140 cm³/mol. The van der Waals surface area contributed by atoms with E-state index in [-0.39, 0.29) is 28.8 Å². The molecule has 1 amide bonds. The molecule has 1 aromatic carbocycles. The molecule has 0 spiro atoms. The average molecular weight is 494 g/mol. The average Bonchev–Trinajstić information content (AvgIpc) is 2.86. The molecule has 194 valence electrons. The van der Waals surface area contributed by atoms with Gasteiger partial charge in [0.15, 0.2) is 0 Å². The van der Waals surface area contributed by atoms with Gasteiger partial charge in [-0.2, -0.15) is 0 Å². The fourth-order valence-corrected chi connectivity index (χ4v) is 7.10. The zero-order valence-corrected chi connectivity index (χ0v) is 21.7. The highest BCUT2D eigenvalue weighted by molar-refractivity contribution is 5.94. The summed E-state index contributed by atoms with van der Waals surface area (Å²) in [4.78, 5) is 31.3. The van der Waals surface area contributed by atoms with Gasteiger partial charge in [-0.25, -0.2) is 0 Å². The van der Waals surface area contributed by atoms with Gasteiger partial charge in [-0.1, -0.05) is 25.3 Å². The lowest BCUT2D eigenvalue weighted by Gasteiger charge is -2.59. The molecule has 4 N–H and O–H groups in total. The Balaban J connectivity index is 1.52. The van der Waals surface area contributed by atoms with Crippen molar-refractivity contribution in [1.29, 1.82) is 0 Å². The number of H-pyrrole nitrogens is 1. The standard InChI is InChI=1S/C29H39N3O4/c1-18-9-10-22(33)14-24(18)28-11-12-32(3)19(2)29(28,36)15-21-13-23(27(35)31-25(21)16-28)26(34)30-17-20-7-5-4-6-8-20/h9-10,13-14,19-20,33,36H,4-8,11-12,15-17H2,1-3H3,(H,30,34)(H,31,35). The largest absolute Gasteiger partial charge is 0.508 e. The summed E-state index contributed by atoms with van der Waals surface area (Å²) in [6.45, 7) is 5.44. The van der Waals surface area contributed by atoms with Crippen LogP contribution in [-0.2, 0) is 18.3 Å². The summed E-state index contributed by atoms with van der Waals surface area (Å²) < 4.78 is 0. The van der Waals surface area contributed by atoms with Crippen LogP contribution in [0.3, 0.4) is 0 Å². The summed E-state index contributed by atoms with van der Waals surface area (Å²) >= 11 is 0. The summed E-state index contributed by atoms with van der Waals surface area (Å²) in [5, 5.41) is 25.8. The van der Waals surface area contributed by atoms with Gasteiger partial charge < -0.3 is 25.4 Å². The van der Waals surface area contributed by atoms with Gasteiger partial charge in [0.2, 0.25) is 0 Å². The molecule has 7 heteroatoms. The third kappa shape index (κ3) is 4.06. The number of hydrogen-bond donors (Lipinski definition) is 4. The van der Waals surface area contributed by atoms with E-state index in [9.17, 15) is 19.8 Å². The van der Waals surface area contributed by atoms with Crippen LogP contribution in [0.2, 0.25) is 0 Å².